The van der Waals surface area contributed by atoms with Crippen LogP contribution in [0, 0.1) is 11.8 Å². The minimum absolute atomic E-state index is 0.0339. The summed E-state index contributed by atoms with van der Waals surface area (Å²) >= 11 is 0. The average molecular weight is 2070 g/mol. The fraction of sp³-hybridized carbons (Fsp3) is 0.600. The maximum atomic E-state index is 15.6. The number of ketones is 9. The number of carbonyl (C=O) groups excluding carboxylic acids is 19. The number of Topliss-reactive ketones (excluding diaryl/α,β-unsaturated/α-hetero) is 9. The van der Waals surface area contributed by atoms with Crippen molar-refractivity contribution in [1.29, 1.82) is 0 Å². The Kier molecular flexibility index (Phi) is 54.5. The minimum Gasteiger partial charge on any atom is -0.508 e. The van der Waals surface area contributed by atoms with Crippen LogP contribution in [-0.2, 0) is 115 Å². The number of carbonyl (C=O) groups is 20. The number of aromatic amines is 1. The first-order chi connectivity index (χ1) is 69.8. The number of fused-ring (bicyclic) bond motifs is 1. The van der Waals surface area contributed by atoms with Gasteiger partial charge >= 0.3 is 5.97 Å². The van der Waals surface area contributed by atoms with Gasteiger partial charge in [-0.1, -0.05) is 120 Å². The molecule has 5 rings (SSSR count). The van der Waals surface area contributed by atoms with Crippen molar-refractivity contribution in [3.8, 4) is 5.75 Å². The lowest BCUT2D eigenvalue weighted by Gasteiger charge is -2.34. The highest BCUT2D eigenvalue weighted by atomic mass is 16.4. The number of nitrogens with two attached hydrogens (primary N) is 2. The van der Waals surface area contributed by atoms with Gasteiger partial charge in [0.25, 0.3) is 0 Å². The Labute approximate surface area is 865 Å². The monoisotopic (exact) mass is 2070 g/mol. The molecule has 0 unspecified atom stereocenters. The van der Waals surface area contributed by atoms with Gasteiger partial charge in [0.15, 0.2) is 40.5 Å². The Morgan fingerprint density at radius 1 is 0.500 bits per heavy atom. The number of aromatic nitrogens is 1. The number of primary amides is 2. The van der Waals surface area contributed by atoms with Crippen molar-refractivity contribution in [2.45, 2.75) is 353 Å². The molecule has 18 atom stereocenters. The number of aliphatic hydroxyl groups is 1. The molecule has 818 valence electrons. The largest absolute Gasteiger partial charge is 0.508 e. The first-order valence-electron chi connectivity index (χ1n) is 51.2. The molecule has 148 heavy (non-hydrogen) atoms. The number of aliphatic hydroxyl groups excluding tert-OH is 1. The Hall–Kier alpha value is -12.5. The summed E-state index contributed by atoms with van der Waals surface area (Å²) in [6.45, 7) is 22.9. The number of H-pyrrole nitrogens is 1. The SMILES string of the molecule is CC(=O)N[C@@H](CC(C)C)C(=O)N[C@H](C(=O)N[C@@H](Cc1ccccc1)C(=O)N[C@]1(C)CCCCCCC=CCCC[C@@](C)(C(=O)CN[C@@H](C)C(=O)CCN[C@@H](C)C(=O)CCN[C@@H](C)C(=O)CCN[C@@H](C)C(=O)CN[C@H](C)C(=O)N[C@H](C)C(N)=O)NC(=O)[C@H](CC(C)C)NC(=O)[C@H](CCC(N)=O)NCN[C@@H](C)C(=O)CC(=O)[C@H](Cc2c[nH]c3ccccc23)NN[C@@H](Cc2ccc(O)cc2)C(=O)C(=O)[C@H](CCC(=O)O)NC1=O)[C@@H](C)O. The number of aromatic hydroxyl groups is 1. The lowest BCUT2D eigenvalue weighted by Crippen LogP contribution is -2.65. The Balaban J connectivity index is 1.47. The smallest absolute Gasteiger partial charge is 0.303 e. The predicted octanol–water partition coefficient (Wildman–Crippen LogP) is 1.07. The molecule has 2 heterocycles. The molecular weight excluding hydrogens is 1910 g/mol. The van der Waals surface area contributed by atoms with E-state index in [0.717, 1.165) is 0 Å². The van der Waals surface area contributed by atoms with E-state index in [1.807, 2.05) is 26.0 Å². The number of hydrazine groups is 1. The van der Waals surface area contributed by atoms with Gasteiger partial charge in [-0.05, 0) is 193 Å². The molecular formula is C105H160N20O23. The van der Waals surface area contributed by atoms with Crippen LogP contribution in [0.1, 0.15) is 243 Å². The summed E-state index contributed by atoms with van der Waals surface area (Å²) in [5, 5.41) is 74.8. The molecule has 4 aromatic rings. The van der Waals surface area contributed by atoms with Gasteiger partial charge in [0.05, 0.1) is 91.6 Å². The van der Waals surface area contributed by atoms with Gasteiger partial charge in [0.2, 0.25) is 70.6 Å². The van der Waals surface area contributed by atoms with Gasteiger partial charge in [-0.2, -0.15) is 0 Å². The highest BCUT2D eigenvalue weighted by molar-refractivity contribution is 6.41. The third kappa shape index (κ3) is 44.9. The third-order valence-corrected chi connectivity index (χ3v) is 26.1. The Morgan fingerprint density at radius 3 is 1.66 bits per heavy atom. The fourth-order valence-corrected chi connectivity index (χ4v) is 16.5. The molecule has 25 N–H and O–H groups in total. The van der Waals surface area contributed by atoms with Crippen LogP contribution in [0.3, 0.4) is 0 Å². The van der Waals surface area contributed by atoms with Gasteiger partial charge in [-0.3, -0.25) is 112 Å². The molecule has 0 bridgehead atoms. The lowest BCUT2D eigenvalue weighted by atomic mass is 9.88. The molecule has 43 heteroatoms. The minimum atomic E-state index is -2.09. The summed E-state index contributed by atoms with van der Waals surface area (Å²) in [5.74, 6) is -15.5. The van der Waals surface area contributed by atoms with Crippen LogP contribution in [0.4, 0.5) is 0 Å². The summed E-state index contributed by atoms with van der Waals surface area (Å²) in [4.78, 5) is 281. The molecule has 3 aromatic carbocycles. The molecule has 43 nitrogen and oxygen atoms in total. The number of benzene rings is 3. The summed E-state index contributed by atoms with van der Waals surface area (Å²) in [5.41, 5.74) is 15.0. The summed E-state index contributed by atoms with van der Waals surface area (Å²) < 4.78 is 0. The van der Waals surface area contributed by atoms with Crippen LogP contribution in [0.15, 0.2) is 97.2 Å². The van der Waals surface area contributed by atoms with Crippen LogP contribution in [0.5, 0.6) is 5.75 Å². The van der Waals surface area contributed by atoms with Crippen LogP contribution in [0.2, 0.25) is 0 Å². The van der Waals surface area contributed by atoms with E-state index >= 15 is 24.0 Å². The second-order valence-corrected chi connectivity index (χ2v) is 39.9. The van der Waals surface area contributed by atoms with Crippen molar-refractivity contribution in [2.75, 3.05) is 39.4 Å². The number of amides is 10. The Bertz CT molecular complexity index is 5170. The van der Waals surface area contributed by atoms with Crippen molar-refractivity contribution in [3.05, 3.63) is 114 Å². The van der Waals surface area contributed by atoms with Crippen molar-refractivity contribution in [1.82, 2.24) is 95.6 Å². The number of rotatable bonds is 50. The van der Waals surface area contributed by atoms with E-state index in [4.69, 9.17) is 11.5 Å². The van der Waals surface area contributed by atoms with Crippen LogP contribution >= 0.6 is 0 Å². The summed E-state index contributed by atoms with van der Waals surface area (Å²) in [6.07, 6.45) is 3.14. The highest BCUT2D eigenvalue weighted by Crippen LogP contribution is 2.25. The lowest BCUT2D eigenvalue weighted by molar-refractivity contribution is -0.143. The van der Waals surface area contributed by atoms with E-state index in [1.165, 1.54) is 72.7 Å². The van der Waals surface area contributed by atoms with Crippen LogP contribution in [0.25, 0.3) is 10.9 Å². The normalized spacial score (nSPS) is 21.5. The zero-order valence-electron chi connectivity index (χ0n) is 88.1. The zero-order valence-corrected chi connectivity index (χ0v) is 88.1. The highest BCUT2D eigenvalue weighted by Gasteiger charge is 2.44. The number of carboxylic acid groups (broad SMARTS) is 1. The quantitative estimate of drug-likeness (QED) is 0.0167. The van der Waals surface area contributed by atoms with Gasteiger partial charge < -0.3 is 95.6 Å². The second kappa shape index (κ2) is 64.1. The predicted molar refractivity (Wildman–Crippen MR) is 555 cm³/mol. The van der Waals surface area contributed by atoms with Crippen LogP contribution in [-0.4, -0.2) is 285 Å². The molecule has 1 aliphatic heterocycles. The standard InChI is InChI=1S/C105H160N20O23/c1-60(2)50-81(117-70(13)127)99(144)121-93(69(12)126)102(147)119-83(53-71-30-24-23-25-31-71)101(146)123-105(15)46-29-22-20-18-16-17-19-21-28-45-104(14,90(135)58-112-64(7)86(131)44-48-109-62(5)84(129)42-47-108-63(6)85(130)43-49-110-66(9)89(134)57-111-68(11)97(142)116-67(10)96(107)141)122-100(145)82(51-61(3)4)118-98(143)78(38-40-91(106)136)115-59-114-65(8)87(132)55-88(133)79(54-73-56-113-76-33-27-26-32-75(73)76)124-125-80(52-72-34-36-74(128)37-35-72)95(140)94(139)77(120-103(105)148)39-41-92(137)138/h17,19,23-27,30-37,56,60-69,77-83,93,108-115,124-126,128H,16,18,20-22,28-29,38-55,57-59H2,1-15H3,(H2,106,136)(H2,107,141)(H,116,142)(H,117,127)(H,118,143)(H,119,147)(H,120,148)(H,121,144)(H,122,145)(H,123,146)(H,137,138)/t62-,63-,64-,65-,66-,67+,68+,69+,77-,78-,79-,80-,81-,82-,83-,93-,104-,105+/m0/s1. The van der Waals surface area contributed by atoms with Crippen molar-refractivity contribution < 1.29 is 111 Å². The van der Waals surface area contributed by atoms with Gasteiger partial charge in [0, 0.05) is 88.9 Å². The van der Waals surface area contributed by atoms with Crippen molar-refractivity contribution in [2.24, 2.45) is 23.3 Å². The molecule has 0 fully saturated rings. The third-order valence-electron chi connectivity index (χ3n) is 26.1. The number of nitrogens with one attached hydrogen (secondary N) is 18. The average Bonchev–Trinajstić information content (AvgIpc) is 1.83. The van der Waals surface area contributed by atoms with Crippen molar-refractivity contribution in [3.63, 3.8) is 0 Å². The topological polar surface area (TPSA) is 674 Å². The number of hydrogen-bond donors (Lipinski definition) is 23. The number of hydrogen-bond acceptors (Lipinski definition) is 31. The van der Waals surface area contributed by atoms with E-state index in [0.29, 0.717) is 66.1 Å². The summed E-state index contributed by atoms with van der Waals surface area (Å²) in [6, 6.07) is 3.20. The molecule has 0 saturated carbocycles. The van der Waals surface area contributed by atoms with Gasteiger partial charge in [-0.25, -0.2) is 10.9 Å². The number of allylic oxidation sites excluding steroid dienone is 2. The zero-order chi connectivity index (χ0) is 110. The molecule has 1 aromatic heterocycles. The second-order valence-electron chi connectivity index (χ2n) is 39.9. The van der Waals surface area contributed by atoms with E-state index < -0.39 is 228 Å². The summed E-state index contributed by atoms with van der Waals surface area (Å²) in [7, 11) is 0. The number of phenols is 1. The molecule has 0 radical (unpaired) electrons. The van der Waals surface area contributed by atoms with E-state index in [1.54, 1.807) is 102 Å². The number of phenolic OH excluding ortho intramolecular Hbond substituents is 1. The molecule has 0 aliphatic carbocycles. The van der Waals surface area contributed by atoms with Crippen molar-refractivity contribution >= 4 is 128 Å². The van der Waals surface area contributed by atoms with E-state index in [2.05, 4.69) is 95.6 Å². The van der Waals surface area contributed by atoms with Crippen LogP contribution < -0.4 is 102 Å². The van der Waals surface area contributed by atoms with E-state index in [9.17, 15) is 87.2 Å². The maximum absolute atomic E-state index is 15.6. The number of aliphatic carboxylic acids is 1. The molecule has 0 spiro atoms. The first kappa shape index (κ1) is 126. The first-order valence-corrected chi connectivity index (χ1v) is 51.2. The molecule has 10 amide bonds. The molecule has 1 aliphatic rings. The Morgan fingerprint density at radius 2 is 1.07 bits per heavy atom. The fourth-order valence-electron chi connectivity index (χ4n) is 16.5. The molecule has 0 saturated heterocycles. The van der Waals surface area contributed by atoms with Gasteiger partial charge in [-0.15, -0.1) is 0 Å². The van der Waals surface area contributed by atoms with E-state index in [-0.39, 0.29) is 157 Å². The maximum Gasteiger partial charge on any atom is 0.303 e. The van der Waals surface area contributed by atoms with Gasteiger partial charge in [0.1, 0.15) is 41.5 Å². The number of para-hydroxylation sites is 1. The number of carboxylic acids is 1.